The second kappa shape index (κ2) is 5.52. The first-order valence-corrected chi connectivity index (χ1v) is 6.81. The summed E-state index contributed by atoms with van der Waals surface area (Å²) in [6, 6.07) is 5.42. The fraction of sp³-hybridized carbons (Fsp3) is 0.364. The van der Waals surface area contributed by atoms with Gasteiger partial charge in [-0.25, -0.2) is 0 Å². The van der Waals surface area contributed by atoms with Crippen LogP contribution >= 0.6 is 43.5 Å². The number of alkyl halides is 1. The Kier molecular flexibility index (Phi) is 4.83. The second-order valence-electron chi connectivity index (χ2n) is 4.10. The summed E-state index contributed by atoms with van der Waals surface area (Å²) in [5.41, 5.74) is 0.187. The van der Waals surface area contributed by atoms with Crippen molar-refractivity contribution in [3.8, 4) is 0 Å². The fourth-order valence-electron chi connectivity index (χ4n) is 1.08. The summed E-state index contributed by atoms with van der Waals surface area (Å²) in [7, 11) is 0. The molecule has 0 spiro atoms. The lowest BCUT2D eigenvalue weighted by atomic mass is 10.1. The smallest absolute Gasteiger partial charge is 0.252 e. The van der Waals surface area contributed by atoms with E-state index in [1.807, 2.05) is 26.0 Å². The molecule has 16 heavy (non-hydrogen) atoms. The van der Waals surface area contributed by atoms with E-state index in [-0.39, 0.29) is 5.91 Å². The molecule has 0 aliphatic heterocycles. The molecule has 0 heterocycles. The third kappa shape index (κ3) is 3.75. The Labute approximate surface area is 117 Å². The van der Waals surface area contributed by atoms with Gasteiger partial charge in [0.05, 0.1) is 5.56 Å². The van der Waals surface area contributed by atoms with E-state index in [0.29, 0.717) is 11.4 Å². The first-order valence-electron chi connectivity index (χ1n) is 4.69. The van der Waals surface area contributed by atoms with Crippen molar-refractivity contribution < 1.29 is 4.79 Å². The average Bonchev–Trinajstić information content (AvgIpc) is 2.16. The van der Waals surface area contributed by atoms with Crippen molar-refractivity contribution in [2.45, 2.75) is 19.4 Å². The van der Waals surface area contributed by atoms with Crippen LogP contribution in [0, 0.1) is 0 Å². The molecule has 88 valence electrons. The largest absolute Gasteiger partial charge is 0.346 e. The van der Waals surface area contributed by atoms with E-state index in [9.17, 15) is 4.79 Å². The monoisotopic (exact) mass is 367 g/mol. The van der Waals surface area contributed by atoms with Crippen molar-refractivity contribution in [2.75, 3.05) is 5.88 Å². The Balaban J connectivity index is 2.89. The van der Waals surface area contributed by atoms with Gasteiger partial charge in [0.25, 0.3) is 5.91 Å². The Bertz CT molecular complexity index is 407. The Morgan fingerprint density at radius 2 is 2.06 bits per heavy atom. The van der Waals surface area contributed by atoms with Crippen LogP contribution in [0.25, 0.3) is 0 Å². The van der Waals surface area contributed by atoms with Crippen LogP contribution < -0.4 is 5.32 Å². The zero-order valence-corrected chi connectivity index (χ0v) is 12.9. The molecule has 1 rings (SSSR count). The Morgan fingerprint density at radius 1 is 1.44 bits per heavy atom. The van der Waals surface area contributed by atoms with E-state index in [1.165, 1.54) is 0 Å². The highest BCUT2D eigenvalue weighted by molar-refractivity contribution is 9.11. The molecule has 0 fully saturated rings. The van der Waals surface area contributed by atoms with Crippen LogP contribution in [0.3, 0.4) is 0 Å². The molecule has 0 radical (unpaired) electrons. The van der Waals surface area contributed by atoms with E-state index < -0.39 is 5.54 Å². The molecule has 0 unspecified atom stereocenters. The van der Waals surface area contributed by atoms with Gasteiger partial charge in [0.15, 0.2) is 0 Å². The summed E-state index contributed by atoms with van der Waals surface area (Å²) in [5.74, 6) is 0.234. The highest BCUT2D eigenvalue weighted by Crippen LogP contribution is 2.22. The van der Waals surface area contributed by atoms with Gasteiger partial charge in [-0.2, -0.15) is 0 Å². The van der Waals surface area contributed by atoms with E-state index in [0.717, 1.165) is 8.95 Å². The number of carbonyl (C=O) groups is 1. The van der Waals surface area contributed by atoms with Crippen LogP contribution in [0.4, 0.5) is 0 Å². The molecule has 1 aromatic carbocycles. The van der Waals surface area contributed by atoms with Crippen molar-refractivity contribution in [1.82, 2.24) is 5.32 Å². The zero-order chi connectivity index (χ0) is 12.3. The van der Waals surface area contributed by atoms with Gasteiger partial charge in [-0.1, -0.05) is 15.9 Å². The Hall–Kier alpha value is -0.0600. The van der Waals surface area contributed by atoms with E-state index >= 15 is 0 Å². The van der Waals surface area contributed by atoms with E-state index in [2.05, 4.69) is 37.2 Å². The lowest BCUT2D eigenvalue weighted by Crippen LogP contribution is -2.45. The summed E-state index contributed by atoms with van der Waals surface area (Å²) in [6.07, 6.45) is 0. The molecule has 0 aromatic heterocycles. The third-order valence-electron chi connectivity index (χ3n) is 1.96. The van der Waals surface area contributed by atoms with Crippen LogP contribution in [-0.2, 0) is 0 Å². The van der Waals surface area contributed by atoms with Crippen LogP contribution in [0.5, 0.6) is 0 Å². The number of benzene rings is 1. The van der Waals surface area contributed by atoms with Gasteiger partial charge >= 0.3 is 0 Å². The van der Waals surface area contributed by atoms with Gasteiger partial charge in [-0.3, -0.25) is 4.79 Å². The molecule has 1 N–H and O–H groups in total. The number of nitrogens with one attached hydrogen (secondary N) is 1. The van der Waals surface area contributed by atoms with Gasteiger partial charge in [0.2, 0.25) is 0 Å². The molecule has 5 heteroatoms. The highest BCUT2D eigenvalue weighted by Gasteiger charge is 2.21. The molecule has 1 amide bonds. The van der Waals surface area contributed by atoms with Crippen molar-refractivity contribution in [3.05, 3.63) is 32.7 Å². The minimum absolute atomic E-state index is 0.134. The van der Waals surface area contributed by atoms with Crippen LogP contribution in [0.1, 0.15) is 24.2 Å². The number of amides is 1. The predicted molar refractivity (Wildman–Crippen MR) is 74.1 cm³/mol. The summed E-state index contributed by atoms with van der Waals surface area (Å²) < 4.78 is 1.68. The first-order chi connectivity index (χ1) is 7.35. The number of hydrogen-bond donors (Lipinski definition) is 1. The molecule has 0 saturated heterocycles. The molecular formula is C11H12Br2ClNO. The molecule has 0 saturated carbocycles. The van der Waals surface area contributed by atoms with Crippen molar-refractivity contribution in [3.63, 3.8) is 0 Å². The van der Waals surface area contributed by atoms with Gasteiger partial charge in [-0.15, -0.1) is 11.6 Å². The van der Waals surface area contributed by atoms with Crippen LogP contribution in [-0.4, -0.2) is 17.3 Å². The average molecular weight is 369 g/mol. The lowest BCUT2D eigenvalue weighted by molar-refractivity contribution is 0.0919. The van der Waals surface area contributed by atoms with Crippen LogP contribution in [0.15, 0.2) is 27.1 Å². The number of hydrogen-bond acceptors (Lipinski definition) is 1. The van der Waals surface area contributed by atoms with Crippen molar-refractivity contribution in [1.29, 1.82) is 0 Å². The van der Waals surface area contributed by atoms with Crippen LogP contribution in [0.2, 0.25) is 0 Å². The topological polar surface area (TPSA) is 29.1 Å². The normalized spacial score (nSPS) is 11.3. The maximum absolute atomic E-state index is 11.9. The summed E-state index contributed by atoms with van der Waals surface area (Å²) >= 11 is 12.4. The molecule has 1 aromatic rings. The molecule has 0 bridgehead atoms. The zero-order valence-electron chi connectivity index (χ0n) is 8.98. The molecule has 2 nitrogen and oxygen atoms in total. The summed E-state index contributed by atoms with van der Waals surface area (Å²) in [6.45, 7) is 3.76. The van der Waals surface area contributed by atoms with E-state index in [4.69, 9.17) is 11.6 Å². The van der Waals surface area contributed by atoms with Gasteiger partial charge in [0.1, 0.15) is 0 Å². The first kappa shape index (κ1) is 14.0. The Morgan fingerprint density at radius 3 is 2.56 bits per heavy atom. The predicted octanol–water partition coefficient (Wildman–Crippen LogP) is 3.96. The SMILES string of the molecule is CC(C)(CCl)NC(=O)c1ccc(Br)cc1Br. The molecule has 0 aliphatic rings. The summed E-state index contributed by atoms with van der Waals surface area (Å²) in [4.78, 5) is 11.9. The standard InChI is InChI=1S/C11H12Br2ClNO/c1-11(2,6-14)15-10(16)8-4-3-7(12)5-9(8)13/h3-5H,6H2,1-2H3,(H,15,16). The van der Waals surface area contributed by atoms with Crippen molar-refractivity contribution in [2.24, 2.45) is 0 Å². The minimum atomic E-state index is -0.412. The lowest BCUT2D eigenvalue weighted by Gasteiger charge is -2.23. The summed E-state index contributed by atoms with van der Waals surface area (Å²) in [5, 5.41) is 2.87. The van der Waals surface area contributed by atoms with Gasteiger partial charge in [-0.05, 0) is 48.0 Å². The fourth-order valence-corrected chi connectivity index (χ4v) is 2.38. The maximum Gasteiger partial charge on any atom is 0.252 e. The van der Waals surface area contributed by atoms with Crippen molar-refractivity contribution >= 4 is 49.4 Å². The number of halogens is 3. The number of rotatable bonds is 3. The second-order valence-corrected chi connectivity index (χ2v) is 6.13. The van der Waals surface area contributed by atoms with Gasteiger partial charge in [0, 0.05) is 20.4 Å². The van der Waals surface area contributed by atoms with Gasteiger partial charge < -0.3 is 5.32 Å². The quantitative estimate of drug-likeness (QED) is 0.803. The molecular weight excluding hydrogens is 357 g/mol. The molecule has 0 atom stereocenters. The minimum Gasteiger partial charge on any atom is -0.346 e. The maximum atomic E-state index is 11.9. The molecule has 0 aliphatic carbocycles. The number of carbonyl (C=O) groups excluding carboxylic acids is 1. The van der Waals surface area contributed by atoms with E-state index in [1.54, 1.807) is 6.07 Å². The third-order valence-corrected chi connectivity index (χ3v) is 3.78. The highest BCUT2D eigenvalue weighted by atomic mass is 79.9.